The third kappa shape index (κ3) is 3.89. The van der Waals surface area contributed by atoms with Gasteiger partial charge in [-0.25, -0.2) is 0 Å². The molecule has 136 valence electrons. The van der Waals surface area contributed by atoms with E-state index in [2.05, 4.69) is 68.2 Å². The van der Waals surface area contributed by atoms with Crippen LogP contribution in [0.15, 0.2) is 60.9 Å². The Morgan fingerprint density at radius 2 is 1.85 bits per heavy atom. The third-order valence-electron chi connectivity index (χ3n) is 4.57. The molecule has 0 fully saturated rings. The molecule has 6 heteroatoms. The number of nitrogens with one attached hydrogen (secondary N) is 3. The lowest BCUT2D eigenvalue weighted by molar-refractivity contribution is 0.931. The first-order valence-electron chi connectivity index (χ1n) is 9.17. The highest BCUT2D eigenvalue weighted by Gasteiger charge is 2.06. The van der Waals surface area contributed by atoms with Gasteiger partial charge in [0.1, 0.15) is 0 Å². The van der Waals surface area contributed by atoms with Gasteiger partial charge in [-0.15, -0.1) is 5.10 Å². The van der Waals surface area contributed by atoms with Crippen molar-refractivity contribution < 1.29 is 0 Å². The number of H-pyrrole nitrogens is 1. The molecule has 2 aromatic carbocycles. The van der Waals surface area contributed by atoms with Crippen LogP contribution in [0.2, 0.25) is 0 Å². The van der Waals surface area contributed by atoms with E-state index in [0.29, 0.717) is 11.8 Å². The van der Waals surface area contributed by atoms with Gasteiger partial charge in [-0.2, -0.15) is 10.1 Å². The second kappa shape index (κ2) is 7.86. The van der Waals surface area contributed by atoms with Gasteiger partial charge >= 0.3 is 0 Å². The van der Waals surface area contributed by atoms with Crippen molar-refractivity contribution in [3.8, 4) is 0 Å². The van der Waals surface area contributed by atoms with Crippen LogP contribution in [0, 0.1) is 0 Å². The van der Waals surface area contributed by atoms with Crippen molar-refractivity contribution in [1.82, 2.24) is 20.2 Å². The topological polar surface area (TPSA) is 78.5 Å². The number of rotatable bonds is 7. The smallest absolute Gasteiger partial charge is 0.244 e. The van der Waals surface area contributed by atoms with E-state index in [-0.39, 0.29) is 0 Å². The highest BCUT2D eigenvalue weighted by atomic mass is 15.3. The van der Waals surface area contributed by atoms with E-state index in [0.717, 1.165) is 30.6 Å². The van der Waals surface area contributed by atoms with E-state index < -0.39 is 0 Å². The average Bonchev–Trinajstić information content (AvgIpc) is 3.12. The predicted octanol–water partition coefficient (Wildman–Crippen LogP) is 4.31. The van der Waals surface area contributed by atoms with Gasteiger partial charge in [0, 0.05) is 29.3 Å². The van der Waals surface area contributed by atoms with Crippen LogP contribution in [0.1, 0.15) is 18.1 Å². The number of fused-ring (bicyclic) bond motifs is 1. The summed E-state index contributed by atoms with van der Waals surface area (Å²) in [4.78, 5) is 7.82. The maximum Gasteiger partial charge on any atom is 0.244 e. The summed E-state index contributed by atoms with van der Waals surface area (Å²) in [6.07, 6.45) is 5.53. The monoisotopic (exact) mass is 358 g/mol. The summed E-state index contributed by atoms with van der Waals surface area (Å²) >= 11 is 0. The van der Waals surface area contributed by atoms with Gasteiger partial charge in [0.05, 0.1) is 6.20 Å². The molecule has 0 saturated heterocycles. The lowest BCUT2D eigenvalue weighted by Crippen LogP contribution is -2.09. The molecule has 0 radical (unpaired) electrons. The largest absolute Gasteiger partial charge is 0.361 e. The van der Waals surface area contributed by atoms with Crippen LogP contribution >= 0.6 is 0 Å². The first kappa shape index (κ1) is 17.0. The Morgan fingerprint density at radius 1 is 1.00 bits per heavy atom. The average molecular weight is 358 g/mol. The number of hydrogen-bond donors (Lipinski definition) is 3. The van der Waals surface area contributed by atoms with Crippen LogP contribution in [0.4, 0.5) is 17.5 Å². The van der Waals surface area contributed by atoms with Crippen LogP contribution in [-0.2, 0) is 12.8 Å². The number of anilines is 3. The Hall–Kier alpha value is -3.41. The van der Waals surface area contributed by atoms with Crippen molar-refractivity contribution >= 4 is 28.4 Å². The minimum atomic E-state index is 0.522. The summed E-state index contributed by atoms with van der Waals surface area (Å²) in [6.45, 7) is 2.87. The lowest BCUT2D eigenvalue weighted by atomic mass is 10.1. The molecule has 0 aliphatic rings. The van der Waals surface area contributed by atoms with Gasteiger partial charge in [0.25, 0.3) is 0 Å². The molecule has 2 aromatic heterocycles. The quantitative estimate of drug-likeness (QED) is 0.459. The SMILES string of the molecule is CCc1ccccc1Nc1cnnc(NCCc2c[nH]c3ccccc23)n1. The first-order chi connectivity index (χ1) is 13.3. The molecular formula is C21H22N6. The van der Waals surface area contributed by atoms with Crippen molar-refractivity contribution in [2.75, 3.05) is 17.2 Å². The summed E-state index contributed by atoms with van der Waals surface area (Å²) in [5, 5.41) is 16.0. The van der Waals surface area contributed by atoms with Crippen LogP contribution in [0.5, 0.6) is 0 Å². The Morgan fingerprint density at radius 3 is 2.78 bits per heavy atom. The zero-order valence-electron chi connectivity index (χ0n) is 15.2. The molecule has 3 N–H and O–H groups in total. The second-order valence-corrected chi connectivity index (χ2v) is 6.34. The van der Waals surface area contributed by atoms with Crippen molar-refractivity contribution in [3.63, 3.8) is 0 Å². The Balaban J connectivity index is 1.41. The number of aromatic amines is 1. The minimum Gasteiger partial charge on any atom is -0.361 e. The minimum absolute atomic E-state index is 0.522. The van der Waals surface area contributed by atoms with Gasteiger partial charge in [0.15, 0.2) is 5.82 Å². The first-order valence-corrected chi connectivity index (χ1v) is 9.17. The Kier molecular flexibility index (Phi) is 4.96. The number of aryl methyl sites for hydroxylation is 1. The zero-order chi connectivity index (χ0) is 18.5. The van der Waals surface area contributed by atoms with Crippen LogP contribution < -0.4 is 10.6 Å². The molecule has 0 saturated carbocycles. The molecular weight excluding hydrogens is 336 g/mol. The predicted molar refractivity (Wildman–Crippen MR) is 109 cm³/mol. The molecule has 6 nitrogen and oxygen atoms in total. The van der Waals surface area contributed by atoms with E-state index in [1.807, 2.05) is 24.3 Å². The van der Waals surface area contributed by atoms with Gasteiger partial charge < -0.3 is 15.6 Å². The summed E-state index contributed by atoms with van der Waals surface area (Å²) in [5.41, 5.74) is 4.72. The fraction of sp³-hybridized carbons (Fsp3) is 0.190. The maximum atomic E-state index is 4.52. The highest BCUT2D eigenvalue weighted by molar-refractivity contribution is 5.83. The number of benzene rings is 2. The van der Waals surface area contributed by atoms with E-state index >= 15 is 0 Å². The fourth-order valence-corrected chi connectivity index (χ4v) is 3.17. The third-order valence-corrected chi connectivity index (χ3v) is 4.57. The lowest BCUT2D eigenvalue weighted by Gasteiger charge is -2.10. The van der Waals surface area contributed by atoms with E-state index in [1.54, 1.807) is 6.20 Å². The van der Waals surface area contributed by atoms with Crippen molar-refractivity contribution in [2.45, 2.75) is 19.8 Å². The van der Waals surface area contributed by atoms with E-state index in [1.165, 1.54) is 16.5 Å². The molecule has 0 aliphatic heterocycles. The number of aromatic nitrogens is 4. The summed E-state index contributed by atoms with van der Waals surface area (Å²) in [7, 11) is 0. The molecule has 0 atom stereocenters. The summed E-state index contributed by atoms with van der Waals surface area (Å²) < 4.78 is 0. The van der Waals surface area contributed by atoms with Crippen LogP contribution in [0.3, 0.4) is 0 Å². The van der Waals surface area contributed by atoms with Crippen LogP contribution in [-0.4, -0.2) is 26.7 Å². The number of hydrogen-bond acceptors (Lipinski definition) is 5. The standard InChI is InChI=1S/C21H22N6/c1-2-15-7-3-5-9-18(15)25-20-14-24-27-21(26-20)22-12-11-16-13-23-19-10-6-4-8-17(16)19/h3-10,13-14,23H,2,11-12H2,1H3,(H2,22,25,26,27). The normalized spacial score (nSPS) is 10.9. The van der Waals surface area contributed by atoms with Crippen molar-refractivity contribution in [1.29, 1.82) is 0 Å². The second-order valence-electron chi connectivity index (χ2n) is 6.34. The number of para-hydroxylation sites is 2. The molecule has 2 heterocycles. The fourth-order valence-electron chi connectivity index (χ4n) is 3.17. The molecule has 0 bridgehead atoms. The maximum absolute atomic E-state index is 4.52. The summed E-state index contributed by atoms with van der Waals surface area (Å²) in [5.74, 6) is 1.20. The molecule has 27 heavy (non-hydrogen) atoms. The molecule has 4 rings (SSSR count). The van der Waals surface area contributed by atoms with Gasteiger partial charge in [-0.1, -0.05) is 43.3 Å². The summed E-state index contributed by atoms with van der Waals surface area (Å²) in [6, 6.07) is 16.5. The molecule has 0 unspecified atom stereocenters. The van der Waals surface area contributed by atoms with Crippen molar-refractivity contribution in [2.24, 2.45) is 0 Å². The van der Waals surface area contributed by atoms with E-state index in [4.69, 9.17) is 0 Å². The van der Waals surface area contributed by atoms with Crippen LogP contribution in [0.25, 0.3) is 10.9 Å². The number of nitrogens with zero attached hydrogens (tertiary/aromatic N) is 3. The van der Waals surface area contributed by atoms with Gasteiger partial charge in [0.2, 0.25) is 5.95 Å². The highest BCUT2D eigenvalue weighted by Crippen LogP contribution is 2.20. The molecule has 4 aromatic rings. The zero-order valence-corrected chi connectivity index (χ0v) is 15.2. The van der Waals surface area contributed by atoms with Crippen molar-refractivity contribution in [3.05, 3.63) is 72.1 Å². The molecule has 0 aliphatic carbocycles. The van der Waals surface area contributed by atoms with Gasteiger partial charge in [-0.3, -0.25) is 0 Å². The molecule has 0 spiro atoms. The van der Waals surface area contributed by atoms with E-state index in [9.17, 15) is 0 Å². The Labute approximate surface area is 158 Å². The Bertz CT molecular complexity index is 1040. The molecule has 0 amide bonds. The van der Waals surface area contributed by atoms with Gasteiger partial charge in [-0.05, 0) is 36.1 Å².